The van der Waals surface area contributed by atoms with Gasteiger partial charge in [0, 0.05) is 25.4 Å². The summed E-state index contributed by atoms with van der Waals surface area (Å²) in [6.07, 6.45) is -0.535. The van der Waals surface area contributed by atoms with Gasteiger partial charge in [0.25, 0.3) is 0 Å². The van der Waals surface area contributed by atoms with E-state index in [-0.39, 0.29) is 0 Å². The van der Waals surface area contributed by atoms with Crippen LogP contribution in [0, 0.1) is 0 Å². The number of nitrogens with one attached hydrogen (secondary N) is 1. The Morgan fingerprint density at radius 3 is 2.81 bits per heavy atom. The third kappa shape index (κ3) is 3.89. The molecule has 0 aliphatic carbocycles. The SMILES string of the molecule is COCC(O)CNc1ccc(Cl)c(OC)c1. The van der Waals surface area contributed by atoms with E-state index >= 15 is 0 Å². The van der Waals surface area contributed by atoms with E-state index in [1.54, 1.807) is 26.4 Å². The van der Waals surface area contributed by atoms with Crippen LogP contribution in [0.15, 0.2) is 18.2 Å². The lowest BCUT2D eigenvalue weighted by Gasteiger charge is -2.12. The van der Waals surface area contributed by atoms with Crippen LogP contribution in [0.3, 0.4) is 0 Å². The molecule has 0 saturated heterocycles. The van der Waals surface area contributed by atoms with Gasteiger partial charge in [-0.15, -0.1) is 0 Å². The number of aliphatic hydroxyl groups is 1. The van der Waals surface area contributed by atoms with Crippen LogP contribution in [-0.2, 0) is 4.74 Å². The van der Waals surface area contributed by atoms with E-state index in [1.165, 1.54) is 0 Å². The number of anilines is 1. The fourth-order valence-corrected chi connectivity index (χ4v) is 1.45. The van der Waals surface area contributed by atoms with Crippen molar-refractivity contribution >= 4 is 17.3 Å². The summed E-state index contributed by atoms with van der Waals surface area (Å²) in [5.74, 6) is 0.605. The third-order valence-corrected chi connectivity index (χ3v) is 2.36. The second kappa shape index (κ2) is 6.58. The Labute approximate surface area is 100 Å². The molecule has 4 nitrogen and oxygen atoms in total. The smallest absolute Gasteiger partial charge is 0.139 e. The van der Waals surface area contributed by atoms with E-state index in [0.717, 1.165) is 5.69 Å². The predicted octanol–water partition coefficient (Wildman–Crippen LogP) is 1.77. The van der Waals surface area contributed by atoms with Crippen LogP contribution in [-0.4, -0.2) is 38.6 Å². The molecule has 0 aliphatic rings. The molecule has 0 heterocycles. The van der Waals surface area contributed by atoms with Crippen molar-refractivity contribution in [1.29, 1.82) is 0 Å². The topological polar surface area (TPSA) is 50.7 Å². The van der Waals surface area contributed by atoms with Crippen LogP contribution >= 0.6 is 11.6 Å². The summed E-state index contributed by atoms with van der Waals surface area (Å²) in [6.45, 7) is 0.719. The van der Waals surface area contributed by atoms with Gasteiger partial charge in [-0.1, -0.05) is 11.6 Å². The Hall–Kier alpha value is -0.970. The van der Waals surface area contributed by atoms with E-state index in [2.05, 4.69) is 5.32 Å². The Morgan fingerprint density at radius 2 is 2.19 bits per heavy atom. The lowest BCUT2D eigenvalue weighted by molar-refractivity contribution is 0.0727. The van der Waals surface area contributed by atoms with Crippen molar-refractivity contribution in [2.45, 2.75) is 6.10 Å². The second-order valence-corrected chi connectivity index (χ2v) is 3.75. The standard InChI is InChI=1S/C11H16ClNO3/c1-15-7-9(14)6-13-8-3-4-10(12)11(5-8)16-2/h3-5,9,13-14H,6-7H2,1-2H3. The number of methoxy groups -OCH3 is 2. The molecule has 1 rings (SSSR count). The molecule has 0 saturated carbocycles. The molecule has 16 heavy (non-hydrogen) atoms. The molecule has 0 fully saturated rings. The fraction of sp³-hybridized carbons (Fsp3) is 0.455. The highest BCUT2D eigenvalue weighted by Gasteiger charge is 2.05. The molecular formula is C11H16ClNO3. The normalized spacial score (nSPS) is 12.2. The molecule has 0 amide bonds. The van der Waals surface area contributed by atoms with Crippen LogP contribution < -0.4 is 10.1 Å². The average Bonchev–Trinajstić information content (AvgIpc) is 2.28. The second-order valence-electron chi connectivity index (χ2n) is 3.34. The average molecular weight is 246 g/mol. The number of rotatable bonds is 6. The molecule has 0 aliphatic heterocycles. The van der Waals surface area contributed by atoms with E-state index in [0.29, 0.717) is 23.9 Å². The maximum atomic E-state index is 9.45. The van der Waals surface area contributed by atoms with Gasteiger partial charge in [0.1, 0.15) is 5.75 Å². The number of ether oxygens (including phenoxy) is 2. The minimum absolute atomic E-state index is 0.303. The van der Waals surface area contributed by atoms with Gasteiger partial charge in [0.05, 0.1) is 24.8 Å². The van der Waals surface area contributed by atoms with Gasteiger partial charge in [0.15, 0.2) is 0 Å². The van der Waals surface area contributed by atoms with E-state index < -0.39 is 6.10 Å². The van der Waals surface area contributed by atoms with Crippen molar-refractivity contribution < 1.29 is 14.6 Å². The Bertz CT molecular complexity index is 333. The Balaban J connectivity index is 2.54. The summed E-state index contributed by atoms with van der Waals surface area (Å²) < 4.78 is 9.90. The predicted molar refractivity (Wildman–Crippen MR) is 64.4 cm³/mol. The molecule has 2 N–H and O–H groups in total. The summed E-state index contributed by atoms with van der Waals surface area (Å²) in [5.41, 5.74) is 0.844. The zero-order valence-electron chi connectivity index (χ0n) is 9.37. The van der Waals surface area contributed by atoms with E-state index in [9.17, 15) is 5.11 Å². The quantitative estimate of drug-likeness (QED) is 0.802. The van der Waals surface area contributed by atoms with Crippen LogP contribution in [0.25, 0.3) is 0 Å². The molecule has 0 aromatic heterocycles. The van der Waals surface area contributed by atoms with E-state index in [1.807, 2.05) is 6.07 Å². The van der Waals surface area contributed by atoms with Crippen molar-refractivity contribution in [3.63, 3.8) is 0 Å². The molecule has 1 unspecified atom stereocenters. The summed E-state index contributed by atoms with van der Waals surface area (Å²) in [7, 11) is 3.11. The lowest BCUT2D eigenvalue weighted by atomic mass is 10.3. The molecule has 1 atom stereocenters. The number of hydrogen-bond acceptors (Lipinski definition) is 4. The Morgan fingerprint density at radius 1 is 1.44 bits per heavy atom. The maximum absolute atomic E-state index is 9.45. The highest BCUT2D eigenvalue weighted by Crippen LogP contribution is 2.27. The molecule has 0 bridgehead atoms. The summed E-state index contributed by atoms with van der Waals surface area (Å²) >= 11 is 5.89. The molecule has 5 heteroatoms. The van der Waals surface area contributed by atoms with Crippen LogP contribution in [0.2, 0.25) is 5.02 Å². The van der Waals surface area contributed by atoms with Crippen molar-refractivity contribution in [2.75, 3.05) is 32.7 Å². The zero-order valence-corrected chi connectivity index (χ0v) is 10.1. The molecule has 0 radical (unpaired) electrons. The van der Waals surface area contributed by atoms with Gasteiger partial charge in [0.2, 0.25) is 0 Å². The van der Waals surface area contributed by atoms with Crippen molar-refractivity contribution in [3.8, 4) is 5.75 Å². The molecule has 1 aromatic rings. The van der Waals surface area contributed by atoms with Crippen molar-refractivity contribution in [1.82, 2.24) is 0 Å². The molecular weight excluding hydrogens is 230 g/mol. The van der Waals surface area contributed by atoms with Crippen LogP contribution in [0.4, 0.5) is 5.69 Å². The highest BCUT2D eigenvalue weighted by molar-refractivity contribution is 6.32. The molecule has 1 aromatic carbocycles. The van der Waals surface area contributed by atoms with Gasteiger partial charge in [-0.3, -0.25) is 0 Å². The first-order valence-corrected chi connectivity index (χ1v) is 5.29. The van der Waals surface area contributed by atoms with Crippen LogP contribution in [0.5, 0.6) is 5.75 Å². The van der Waals surface area contributed by atoms with Crippen molar-refractivity contribution in [3.05, 3.63) is 23.2 Å². The summed E-state index contributed by atoms with van der Waals surface area (Å²) in [6, 6.07) is 5.34. The lowest BCUT2D eigenvalue weighted by Crippen LogP contribution is -2.24. The van der Waals surface area contributed by atoms with Gasteiger partial charge >= 0.3 is 0 Å². The monoisotopic (exact) mass is 245 g/mol. The minimum atomic E-state index is -0.535. The minimum Gasteiger partial charge on any atom is -0.495 e. The number of hydrogen-bond donors (Lipinski definition) is 2. The van der Waals surface area contributed by atoms with Gasteiger partial charge in [-0.05, 0) is 12.1 Å². The maximum Gasteiger partial charge on any atom is 0.139 e. The Kier molecular flexibility index (Phi) is 5.38. The zero-order chi connectivity index (χ0) is 12.0. The highest BCUT2D eigenvalue weighted by atomic mass is 35.5. The first kappa shape index (κ1) is 13.1. The summed E-state index contributed by atoms with van der Waals surface area (Å²) in [5, 5.41) is 13.1. The molecule has 90 valence electrons. The number of halogens is 1. The van der Waals surface area contributed by atoms with E-state index in [4.69, 9.17) is 21.1 Å². The first-order valence-electron chi connectivity index (χ1n) is 4.91. The first-order chi connectivity index (χ1) is 7.67. The summed E-state index contributed by atoms with van der Waals surface area (Å²) in [4.78, 5) is 0. The largest absolute Gasteiger partial charge is 0.495 e. The number of aliphatic hydroxyl groups excluding tert-OH is 1. The van der Waals surface area contributed by atoms with Crippen LogP contribution in [0.1, 0.15) is 0 Å². The third-order valence-electron chi connectivity index (χ3n) is 2.05. The fourth-order valence-electron chi connectivity index (χ4n) is 1.26. The van der Waals surface area contributed by atoms with Gasteiger partial charge in [-0.2, -0.15) is 0 Å². The molecule has 0 spiro atoms. The van der Waals surface area contributed by atoms with Gasteiger partial charge < -0.3 is 19.9 Å². The van der Waals surface area contributed by atoms with Crippen molar-refractivity contribution in [2.24, 2.45) is 0 Å². The van der Waals surface area contributed by atoms with Gasteiger partial charge in [-0.25, -0.2) is 0 Å². The number of benzene rings is 1.